The number of fused-ring (bicyclic) bond motifs is 1. The van der Waals surface area contributed by atoms with Crippen LogP contribution in [0, 0.1) is 17.1 Å². The molecule has 1 nitrogen and oxygen atoms in total. The quantitative estimate of drug-likeness (QED) is 0.705. The molecule has 0 spiro atoms. The third-order valence-electron chi connectivity index (χ3n) is 1.66. The Morgan fingerprint density at radius 3 is 2.85 bits per heavy atom. The second-order valence-corrected chi connectivity index (χ2v) is 4.46. The van der Waals surface area contributed by atoms with Gasteiger partial charge in [0.25, 0.3) is 0 Å². The van der Waals surface area contributed by atoms with Gasteiger partial charge in [-0.2, -0.15) is 5.26 Å². The molecule has 0 bridgehead atoms. The Hall–Kier alpha value is -0.920. The highest BCUT2D eigenvalue weighted by Crippen LogP contribution is 2.31. The molecule has 0 saturated heterocycles. The number of hydrogen-bond acceptors (Lipinski definition) is 2. The highest BCUT2D eigenvalue weighted by Gasteiger charge is 2.06. The SMILES string of the molecule is N#Cc1cc2c(Br)cc(F)cc2s1. The normalized spacial score (nSPS) is 10.2. The summed E-state index contributed by atoms with van der Waals surface area (Å²) in [5.41, 5.74) is 0. The van der Waals surface area contributed by atoms with Gasteiger partial charge in [0.05, 0.1) is 0 Å². The Balaban J connectivity index is 2.84. The fraction of sp³-hybridized carbons (Fsp3) is 0. The topological polar surface area (TPSA) is 23.8 Å². The van der Waals surface area contributed by atoms with Gasteiger partial charge in [0, 0.05) is 14.6 Å². The lowest BCUT2D eigenvalue weighted by atomic mass is 10.2. The second-order valence-electron chi connectivity index (χ2n) is 2.52. The van der Waals surface area contributed by atoms with Crippen molar-refractivity contribution in [3.05, 3.63) is 33.4 Å². The first-order valence-corrected chi connectivity index (χ1v) is 5.10. The maximum absolute atomic E-state index is 12.9. The molecule has 0 aliphatic rings. The monoisotopic (exact) mass is 255 g/mol. The number of nitriles is 1. The van der Waals surface area contributed by atoms with Crippen molar-refractivity contribution >= 4 is 37.4 Å². The van der Waals surface area contributed by atoms with Crippen molar-refractivity contribution in [2.24, 2.45) is 0 Å². The summed E-state index contributed by atoms with van der Waals surface area (Å²) in [6.07, 6.45) is 0. The van der Waals surface area contributed by atoms with Crippen molar-refractivity contribution in [2.45, 2.75) is 0 Å². The largest absolute Gasteiger partial charge is 0.207 e. The zero-order chi connectivity index (χ0) is 9.42. The minimum atomic E-state index is -0.286. The van der Waals surface area contributed by atoms with Gasteiger partial charge in [-0.05, 0) is 18.2 Å². The molecule has 0 atom stereocenters. The molecule has 0 unspecified atom stereocenters. The second kappa shape index (κ2) is 3.09. The van der Waals surface area contributed by atoms with Crippen LogP contribution in [0.25, 0.3) is 10.1 Å². The summed E-state index contributed by atoms with van der Waals surface area (Å²) >= 11 is 4.54. The molecule has 13 heavy (non-hydrogen) atoms. The molecule has 2 aromatic rings. The van der Waals surface area contributed by atoms with E-state index in [1.54, 1.807) is 6.07 Å². The number of thiophene rings is 1. The van der Waals surface area contributed by atoms with E-state index in [0.717, 1.165) is 10.1 Å². The van der Waals surface area contributed by atoms with E-state index in [4.69, 9.17) is 5.26 Å². The first-order valence-electron chi connectivity index (χ1n) is 3.49. The van der Waals surface area contributed by atoms with Gasteiger partial charge in [0.2, 0.25) is 0 Å². The van der Waals surface area contributed by atoms with E-state index in [2.05, 4.69) is 15.9 Å². The Morgan fingerprint density at radius 1 is 1.38 bits per heavy atom. The van der Waals surface area contributed by atoms with Gasteiger partial charge >= 0.3 is 0 Å². The summed E-state index contributed by atoms with van der Waals surface area (Å²) in [4.78, 5) is 0.598. The van der Waals surface area contributed by atoms with Gasteiger partial charge in [0.1, 0.15) is 16.8 Å². The van der Waals surface area contributed by atoms with Crippen LogP contribution < -0.4 is 0 Å². The highest BCUT2D eigenvalue weighted by molar-refractivity contribution is 9.10. The first kappa shape index (κ1) is 8.67. The molecule has 0 aliphatic heterocycles. The Kier molecular flexibility index (Phi) is 2.06. The highest BCUT2D eigenvalue weighted by atomic mass is 79.9. The lowest BCUT2D eigenvalue weighted by molar-refractivity contribution is 0.629. The maximum atomic E-state index is 12.9. The van der Waals surface area contributed by atoms with Crippen LogP contribution in [-0.4, -0.2) is 0 Å². The molecule has 0 radical (unpaired) electrons. The van der Waals surface area contributed by atoms with Crippen LogP contribution in [0.15, 0.2) is 22.7 Å². The summed E-state index contributed by atoms with van der Waals surface area (Å²) in [5, 5.41) is 9.54. The minimum Gasteiger partial charge on any atom is -0.207 e. The van der Waals surface area contributed by atoms with Crippen LogP contribution in [-0.2, 0) is 0 Å². The summed E-state index contributed by atoms with van der Waals surface area (Å²) < 4.78 is 14.4. The van der Waals surface area contributed by atoms with E-state index in [1.165, 1.54) is 23.5 Å². The van der Waals surface area contributed by atoms with Crippen molar-refractivity contribution < 1.29 is 4.39 Å². The third-order valence-corrected chi connectivity index (χ3v) is 3.30. The summed E-state index contributed by atoms with van der Waals surface area (Å²) in [5.74, 6) is -0.286. The Labute approximate surface area is 86.5 Å². The zero-order valence-electron chi connectivity index (χ0n) is 6.34. The van der Waals surface area contributed by atoms with E-state index >= 15 is 0 Å². The van der Waals surface area contributed by atoms with E-state index < -0.39 is 0 Å². The van der Waals surface area contributed by atoms with E-state index in [9.17, 15) is 4.39 Å². The maximum Gasteiger partial charge on any atom is 0.125 e. The van der Waals surface area contributed by atoms with Gasteiger partial charge in [-0.3, -0.25) is 0 Å². The fourth-order valence-electron chi connectivity index (χ4n) is 1.12. The predicted octanol–water partition coefficient (Wildman–Crippen LogP) is 3.67. The average molecular weight is 256 g/mol. The average Bonchev–Trinajstić information content (AvgIpc) is 2.47. The number of rotatable bonds is 0. The van der Waals surface area contributed by atoms with Crippen LogP contribution in [0.5, 0.6) is 0 Å². The molecule has 1 aromatic carbocycles. The lowest BCUT2D eigenvalue weighted by Gasteiger charge is -1.92. The standard InChI is InChI=1S/C9H3BrFNS/c10-8-1-5(11)2-9-7(8)3-6(4-12)13-9/h1-3H. The van der Waals surface area contributed by atoms with Crippen LogP contribution in [0.2, 0.25) is 0 Å². The van der Waals surface area contributed by atoms with Crippen molar-refractivity contribution in [2.75, 3.05) is 0 Å². The minimum absolute atomic E-state index is 0.286. The number of nitrogens with zero attached hydrogens (tertiary/aromatic N) is 1. The first-order chi connectivity index (χ1) is 6.20. The van der Waals surface area contributed by atoms with Gasteiger partial charge in [0.15, 0.2) is 0 Å². The van der Waals surface area contributed by atoms with E-state index in [0.29, 0.717) is 9.35 Å². The summed E-state index contributed by atoms with van der Waals surface area (Å²) in [7, 11) is 0. The zero-order valence-corrected chi connectivity index (χ0v) is 8.75. The van der Waals surface area contributed by atoms with Gasteiger partial charge in [-0.25, -0.2) is 4.39 Å². The van der Waals surface area contributed by atoms with E-state index in [-0.39, 0.29) is 5.82 Å². The molecule has 0 N–H and O–H groups in total. The molecule has 1 aromatic heterocycles. The lowest BCUT2D eigenvalue weighted by Crippen LogP contribution is -1.72. The van der Waals surface area contributed by atoms with Gasteiger partial charge < -0.3 is 0 Å². The van der Waals surface area contributed by atoms with Crippen molar-refractivity contribution in [1.29, 1.82) is 5.26 Å². The van der Waals surface area contributed by atoms with Gasteiger partial charge in [-0.1, -0.05) is 15.9 Å². The summed E-state index contributed by atoms with van der Waals surface area (Å²) in [6.45, 7) is 0. The smallest absolute Gasteiger partial charge is 0.125 e. The van der Waals surface area contributed by atoms with E-state index in [1.807, 2.05) is 6.07 Å². The molecular formula is C9H3BrFNS. The fourth-order valence-corrected chi connectivity index (χ4v) is 2.71. The van der Waals surface area contributed by atoms with Crippen molar-refractivity contribution in [3.63, 3.8) is 0 Å². The van der Waals surface area contributed by atoms with Crippen LogP contribution in [0.4, 0.5) is 4.39 Å². The molecular weight excluding hydrogens is 253 g/mol. The predicted molar refractivity (Wildman–Crippen MR) is 54.2 cm³/mol. The van der Waals surface area contributed by atoms with Crippen molar-refractivity contribution in [1.82, 2.24) is 0 Å². The van der Waals surface area contributed by atoms with Crippen LogP contribution >= 0.6 is 27.3 Å². The van der Waals surface area contributed by atoms with Crippen molar-refractivity contribution in [3.8, 4) is 6.07 Å². The molecule has 0 saturated carbocycles. The molecule has 2 rings (SSSR count). The van der Waals surface area contributed by atoms with Crippen LogP contribution in [0.1, 0.15) is 4.88 Å². The Bertz CT molecular complexity index is 512. The molecule has 0 aliphatic carbocycles. The summed E-state index contributed by atoms with van der Waals surface area (Å²) in [6, 6.07) is 6.63. The molecule has 0 fully saturated rings. The van der Waals surface area contributed by atoms with Gasteiger partial charge in [-0.15, -0.1) is 11.3 Å². The molecule has 4 heteroatoms. The molecule has 1 heterocycles. The number of halogens is 2. The number of benzene rings is 1. The Morgan fingerprint density at radius 2 is 2.15 bits per heavy atom. The number of hydrogen-bond donors (Lipinski definition) is 0. The molecule has 0 amide bonds. The molecule has 64 valence electrons. The third kappa shape index (κ3) is 1.45. The van der Waals surface area contributed by atoms with Crippen LogP contribution in [0.3, 0.4) is 0 Å².